The standard InChI is InChI=1S/C19H24N4O2/c1-25-17-9-5-4-8-16(17)22-10-12-23(13-11-22)19-20-15-7-3-2-6-14(15)18(24)21-19/h4-5,8-9H,2-3,6-7,10-13H2,1H3,(H,20,21,24). The van der Waals surface area contributed by atoms with Gasteiger partial charge in [0, 0.05) is 31.7 Å². The minimum Gasteiger partial charge on any atom is -0.495 e. The van der Waals surface area contributed by atoms with Gasteiger partial charge in [-0.15, -0.1) is 0 Å². The van der Waals surface area contributed by atoms with Crippen LogP contribution in [0.25, 0.3) is 0 Å². The number of methoxy groups -OCH3 is 1. The molecule has 1 aliphatic heterocycles. The zero-order valence-electron chi connectivity index (χ0n) is 14.6. The fourth-order valence-corrected chi connectivity index (χ4v) is 3.79. The summed E-state index contributed by atoms with van der Waals surface area (Å²) in [6.07, 6.45) is 4.01. The van der Waals surface area contributed by atoms with Crippen molar-refractivity contribution in [1.82, 2.24) is 9.97 Å². The highest BCUT2D eigenvalue weighted by atomic mass is 16.5. The molecule has 132 valence electrons. The summed E-state index contributed by atoms with van der Waals surface area (Å²) in [6, 6.07) is 8.10. The molecule has 1 N–H and O–H groups in total. The smallest absolute Gasteiger partial charge is 0.255 e. The van der Waals surface area contributed by atoms with Crippen molar-refractivity contribution in [3.8, 4) is 5.75 Å². The van der Waals surface area contributed by atoms with Gasteiger partial charge in [0.1, 0.15) is 5.75 Å². The molecular weight excluding hydrogens is 316 g/mol. The molecule has 0 radical (unpaired) electrons. The van der Waals surface area contributed by atoms with Crippen LogP contribution in [0.4, 0.5) is 11.6 Å². The molecule has 6 heteroatoms. The van der Waals surface area contributed by atoms with E-state index in [1.54, 1.807) is 7.11 Å². The van der Waals surface area contributed by atoms with Crippen LogP contribution in [-0.4, -0.2) is 43.3 Å². The van der Waals surface area contributed by atoms with Gasteiger partial charge < -0.3 is 14.5 Å². The number of hydrogen-bond donors (Lipinski definition) is 1. The van der Waals surface area contributed by atoms with Crippen LogP contribution in [0.2, 0.25) is 0 Å². The molecule has 0 atom stereocenters. The first kappa shape index (κ1) is 16.0. The third kappa shape index (κ3) is 3.08. The van der Waals surface area contributed by atoms with Crippen LogP contribution >= 0.6 is 0 Å². The molecule has 2 aliphatic rings. The highest BCUT2D eigenvalue weighted by Crippen LogP contribution is 2.29. The van der Waals surface area contributed by atoms with Crippen molar-refractivity contribution in [3.05, 3.63) is 45.9 Å². The quantitative estimate of drug-likeness (QED) is 0.926. The Balaban J connectivity index is 1.51. The lowest BCUT2D eigenvalue weighted by Crippen LogP contribution is -2.47. The maximum Gasteiger partial charge on any atom is 0.255 e. The average molecular weight is 340 g/mol. The Labute approximate surface area is 147 Å². The minimum absolute atomic E-state index is 0.0480. The number of rotatable bonds is 3. The topological polar surface area (TPSA) is 61.5 Å². The predicted molar refractivity (Wildman–Crippen MR) is 98.9 cm³/mol. The minimum atomic E-state index is 0.0480. The lowest BCUT2D eigenvalue weighted by molar-refractivity contribution is 0.413. The fraction of sp³-hybridized carbons (Fsp3) is 0.474. The Hall–Kier alpha value is -2.50. The molecule has 6 nitrogen and oxygen atoms in total. The molecule has 2 aromatic rings. The van der Waals surface area contributed by atoms with Crippen LogP contribution in [0.3, 0.4) is 0 Å². The van der Waals surface area contributed by atoms with Crippen molar-refractivity contribution in [2.45, 2.75) is 25.7 Å². The van der Waals surface area contributed by atoms with Gasteiger partial charge in [-0.3, -0.25) is 9.78 Å². The van der Waals surface area contributed by atoms with Crippen LogP contribution in [0.15, 0.2) is 29.1 Å². The number of aromatic amines is 1. The van der Waals surface area contributed by atoms with E-state index < -0.39 is 0 Å². The van der Waals surface area contributed by atoms with Gasteiger partial charge >= 0.3 is 0 Å². The van der Waals surface area contributed by atoms with Gasteiger partial charge in [-0.2, -0.15) is 0 Å². The number of benzene rings is 1. The number of aryl methyl sites for hydroxylation is 1. The highest BCUT2D eigenvalue weighted by molar-refractivity contribution is 5.59. The largest absolute Gasteiger partial charge is 0.495 e. The van der Waals surface area contributed by atoms with Gasteiger partial charge in [-0.25, -0.2) is 4.98 Å². The summed E-state index contributed by atoms with van der Waals surface area (Å²) >= 11 is 0. The lowest BCUT2D eigenvalue weighted by atomic mass is 9.97. The van der Waals surface area contributed by atoms with Crippen molar-refractivity contribution in [3.63, 3.8) is 0 Å². The normalized spacial score (nSPS) is 17.3. The second-order valence-electron chi connectivity index (χ2n) is 6.67. The Bertz CT molecular complexity index is 809. The predicted octanol–water partition coefficient (Wildman–Crippen LogP) is 1.98. The molecule has 0 unspecified atom stereocenters. The summed E-state index contributed by atoms with van der Waals surface area (Å²) in [5.74, 6) is 1.63. The van der Waals surface area contributed by atoms with Gasteiger partial charge in [0.05, 0.1) is 18.5 Å². The van der Waals surface area contributed by atoms with Crippen LogP contribution in [0, 0.1) is 0 Å². The lowest BCUT2D eigenvalue weighted by Gasteiger charge is -2.37. The molecule has 1 saturated heterocycles. The number of hydrogen-bond acceptors (Lipinski definition) is 5. The zero-order chi connectivity index (χ0) is 17.2. The number of fused-ring (bicyclic) bond motifs is 1. The first-order chi connectivity index (χ1) is 12.3. The van der Waals surface area contributed by atoms with Gasteiger partial charge in [0.15, 0.2) is 0 Å². The molecule has 0 bridgehead atoms. The molecule has 1 aliphatic carbocycles. The summed E-state index contributed by atoms with van der Waals surface area (Å²) in [5.41, 5.74) is 3.06. The van der Waals surface area contributed by atoms with Crippen molar-refractivity contribution >= 4 is 11.6 Å². The Kier molecular flexibility index (Phi) is 4.34. The molecule has 1 fully saturated rings. The Morgan fingerprint density at radius 2 is 1.76 bits per heavy atom. The fourth-order valence-electron chi connectivity index (χ4n) is 3.79. The van der Waals surface area contributed by atoms with E-state index in [9.17, 15) is 4.79 Å². The van der Waals surface area contributed by atoms with Crippen LogP contribution in [0.1, 0.15) is 24.1 Å². The molecule has 4 rings (SSSR count). The van der Waals surface area contributed by atoms with E-state index >= 15 is 0 Å². The van der Waals surface area contributed by atoms with E-state index in [1.807, 2.05) is 18.2 Å². The maximum absolute atomic E-state index is 12.3. The molecule has 0 amide bonds. The van der Waals surface area contributed by atoms with Gasteiger partial charge in [0.2, 0.25) is 5.95 Å². The molecule has 1 aromatic carbocycles. The van der Waals surface area contributed by atoms with E-state index in [0.717, 1.165) is 80.5 Å². The van der Waals surface area contributed by atoms with Crippen LogP contribution < -0.4 is 20.1 Å². The van der Waals surface area contributed by atoms with Crippen molar-refractivity contribution in [2.75, 3.05) is 43.1 Å². The van der Waals surface area contributed by atoms with Gasteiger partial charge in [0.25, 0.3) is 5.56 Å². The van der Waals surface area contributed by atoms with E-state index in [2.05, 4.69) is 20.9 Å². The number of nitrogens with zero attached hydrogens (tertiary/aromatic N) is 3. The van der Waals surface area contributed by atoms with Crippen LogP contribution in [0.5, 0.6) is 5.75 Å². The molecule has 25 heavy (non-hydrogen) atoms. The molecule has 0 spiro atoms. The second-order valence-corrected chi connectivity index (χ2v) is 6.67. The number of anilines is 2. The zero-order valence-corrected chi connectivity index (χ0v) is 14.6. The monoisotopic (exact) mass is 340 g/mol. The maximum atomic E-state index is 12.3. The third-order valence-electron chi connectivity index (χ3n) is 5.18. The summed E-state index contributed by atoms with van der Waals surface area (Å²) in [6.45, 7) is 3.42. The van der Waals surface area contributed by atoms with E-state index in [0.29, 0.717) is 0 Å². The number of H-pyrrole nitrogens is 1. The van der Waals surface area contributed by atoms with Crippen molar-refractivity contribution < 1.29 is 4.74 Å². The van der Waals surface area contributed by atoms with Gasteiger partial charge in [-0.05, 0) is 37.8 Å². The summed E-state index contributed by atoms with van der Waals surface area (Å²) in [5, 5.41) is 0. The summed E-state index contributed by atoms with van der Waals surface area (Å²) in [4.78, 5) is 24.6. The Morgan fingerprint density at radius 1 is 1.04 bits per heavy atom. The SMILES string of the molecule is COc1ccccc1N1CCN(c2nc3c(c(=O)[nH]2)CCCC3)CC1. The average Bonchev–Trinajstić information content (AvgIpc) is 2.68. The van der Waals surface area contributed by atoms with Crippen LogP contribution in [-0.2, 0) is 12.8 Å². The second kappa shape index (κ2) is 6.78. The number of piperazine rings is 1. The molecule has 1 aromatic heterocycles. The summed E-state index contributed by atoms with van der Waals surface area (Å²) < 4.78 is 5.47. The van der Waals surface area contributed by atoms with E-state index in [4.69, 9.17) is 9.72 Å². The number of ether oxygens (including phenoxy) is 1. The molecule has 0 saturated carbocycles. The number of para-hydroxylation sites is 2. The van der Waals surface area contributed by atoms with Gasteiger partial charge in [-0.1, -0.05) is 12.1 Å². The molecule has 2 heterocycles. The van der Waals surface area contributed by atoms with Crippen molar-refractivity contribution in [2.24, 2.45) is 0 Å². The van der Waals surface area contributed by atoms with Crippen molar-refractivity contribution in [1.29, 1.82) is 0 Å². The summed E-state index contributed by atoms with van der Waals surface area (Å²) in [7, 11) is 1.71. The molecular formula is C19H24N4O2. The first-order valence-electron chi connectivity index (χ1n) is 9.01. The number of aromatic nitrogens is 2. The van der Waals surface area contributed by atoms with E-state index in [-0.39, 0.29) is 5.56 Å². The first-order valence-corrected chi connectivity index (χ1v) is 9.01. The van der Waals surface area contributed by atoms with E-state index in [1.165, 1.54) is 0 Å². The highest BCUT2D eigenvalue weighted by Gasteiger charge is 2.23. The number of nitrogens with one attached hydrogen (secondary N) is 1. The third-order valence-corrected chi connectivity index (χ3v) is 5.18. The Morgan fingerprint density at radius 3 is 2.56 bits per heavy atom.